The van der Waals surface area contributed by atoms with Gasteiger partial charge in [-0.1, -0.05) is 20.8 Å². The molecule has 3 nitrogen and oxygen atoms in total. The van der Waals surface area contributed by atoms with Crippen molar-refractivity contribution in [2.45, 2.75) is 27.2 Å². The molecule has 1 rings (SSSR count). The molecule has 0 aliphatic heterocycles. The number of aromatic nitrogens is 2. The molecule has 0 saturated carbocycles. The molecule has 12 heavy (non-hydrogen) atoms. The van der Waals surface area contributed by atoms with Crippen LogP contribution in [0.2, 0.25) is 0 Å². The van der Waals surface area contributed by atoms with Crippen molar-refractivity contribution in [3.8, 4) is 0 Å². The molecule has 0 aliphatic rings. The van der Waals surface area contributed by atoms with Crippen LogP contribution in [0.5, 0.6) is 0 Å². The molecule has 68 valence electrons. The molecule has 1 heterocycles. The summed E-state index contributed by atoms with van der Waals surface area (Å²) in [4.78, 5) is 4.03. The maximum Gasteiger partial charge on any atom is 0.202 e. The van der Waals surface area contributed by atoms with Crippen LogP contribution in [0.1, 0.15) is 27.2 Å². The average Bonchev–Trinajstić information content (AvgIpc) is 2.36. The van der Waals surface area contributed by atoms with E-state index in [1.54, 1.807) is 6.33 Å². The number of anilines is 1. The minimum Gasteiger partial charge on any atom is -0.360 e. The van der Waals surface area contributed by atoms with E-state index in [2.05, 4.69) is 35.4 Å². The molecule has 0 bridgehead atoms. The van der Waals surface area contributed by atoms with Gasteiger partial charge < -0.3 is 5.32 Å². The third-order valence-electron chi connectivity index (χ3n) is 1.51. The molecule has 0 aliphatic carbocycles. The minimum absolute atomic E-state index is 0.387. The molecule has 1 aromatic rings. The lowest BCUT2D eigenvalue weighted by atomic mass is 9.92. The highest BCUT2D eigenvalue weighted by Crippen LogP contribution is 2.18. The smallest absolute Gasteiger partial charge is 0.202 e. The first-order valence-electron chi connectivity index (χ1n) is 4.08. The normalized spacial score (nSPS) is 11.6. The molecule has 0 aromatic carbocycles. The van der Waals surface area contributed by atoms with Crippen molar-refractivity contribution in [3.63, 3.8) is 0 Å². The van der Waals surface area contributed by atoms with Gasteiger partial charge in [-0.05, 0) is 11.8 Å². The van der Waals surface area contributed by atoms with Gasteiger partial charge in [0, 0.05) is 18.1 Å². The second-order valence-corrected chi connectivity index (χ2v) is 4.76. The largest absolute Gasteiger partial charge is 0.360 e. The summed E-state index contributed by atoms with van der Waals surface area (Å²) in [7, 11) is 0. The zero-order chi connectivity index (χ0) is 9.03. The summed E-state index contributed by atoms with van der Waals surface area (Å²) in [6, 6.07) is 0. The van der Waals surface area contributed by atoms with Crippen LogP contribution in [-0.4, -0.2) is 15.9 Å². The molecule has 0 radical (unpaired) electrons. The average molecular weight is 185 g/mol. The lowest BCUT2D eigenvalue weighted by Crippen LogP contribution is -2.12. The van der Waals surface area contributed by atoms with Crippen LogP contribution in [-0.2, 0) is 0 Å². The van der Waals surface area contributed by atoms with Gasteiger partial charge in [-0.15, -0.1) is 0 Å². The zero-order valence-electron chi connectivity index (χ0n) is 7.79. The van der Waals surface area contributed by atoms with E-state index in [0.29, 0.717) is 5.41 Å². The predicted molar refractivity (Wildman–Crippen MR) is 52.5 cm³/mol. The van der Waals surface area contributed by atoms with Crippen molar-refractivity contribution in [2.24, 2.45) is 5.41 Å². The molecule has 0 fully saturated rings. The van der Waals surface area contributed by atoms with E-state index in [-0.39, 0.29) is 0 Å². The fraction of sp³-hybridized carbons (Fsp3) is 0.750. The van der Waals surface area contributed by atoms with E-state index in [0.717, 1.165) is 18.1 Å². The highest BCUT2D eigenvalue weighted by Gasteiger charge is 2.09. The third-order valence-corrected chi connectivity index (χ3v) is 2.13. The summed E-state index contributed by atoms with van der Waals surface area (Å²) in [6.45, 7) is 7.66. The summed E-state index contributed by atoms with van der Waals surface area (Å²) >= 11 is 1.40. The summed E-state index contributed by atoms with van der Waals surface area (Å²) in [5.74, 6) is 0. The Labute approximate surface area is 77.4 Å². The van der Waals surface area contributed by atoms with Crippen LogP contribution in [0.4, 0.5) is 5.13 Å². The first-order chi connectivity index (χ1) is 5.58. The first-order valence-corrected chi connectivity index (χ1v) is 4.86. The fourth-order valence-corrected chi connectivity index (χ4v) is 1.25. The Kier molecular flexibility index (Phi) is 3.03. The lowest BCUT2D eigenvalue weighted by Gasteiger charge is -2.17. The summed E-state index contributed by atoms with van der Waals surface area (Å²) in [5.41, 5.74) is 0.387. The van der Waals surface area contributed by atoms with Crippen LogP contribution in [0.25, 0.3) is 0 Å². The van der Waals surface area contributed by atoms with Crippen molar-refractivity contribution in [3.05, 3.63) is 6.33 Å². The van der Waals surface area contributed by atoms with Gasteiger partial charge in [0.05, 0.1) is 0 Å². The predicted octanol–water partition coefficient (Wildman–Crippen LogP) is 2.39. The van der Waals surface area contributed by atoms with Crippen LogP contribution < -0.4 is 5.32 Å². The Balaban J connectivity index is 2.20. The van der Waals surface area contributed by atoms with E-state index in [9.17, 15) is 0 Å². The van der Waals surface area contributed by atoms with E-state index >= 15 is 0 Å². The van der Waals surface area contributed by atoms with Gasteiger partial charge in [-0.3, -0.25) is 0 Å². The quantitative estimate of drug-likeness (QED) is 0.785. The van der Waals surface area contributed by atoms with E-state index in [4.69, 9.17) is 0 Å². The topological polar surface area (TPSA) is 37.8 Å². The number of hydrogen-bond acceptors (Lipinski definition) is 4. The first kappa shape index (κ1) is 9.45. The zero-order valence-corrected chi connectivity index (χ0v) is 8.61. The molecular formula is C8H15N3S. The number of rotatable bonds is 3. The molecule has 4 heteroatoms. The van der Waals surface area contributed by atoms with E-state index < -0.39 is 0 Å². The van der Waals surface area contributed by atoms with Crippen molar-refractivity contribution < 1.29 is 0 Å². The van der Waals surface area contributed by atoms with Crippen molar-refractivity contribution in [2.75, 3.05) is 11.9 Å². The van der Waals surface area contributed by atoms with Gasteiger partial charge in [0.2, 0.25) is 5.13 Å². The van der Waals surface area contributed by atoms with Gasteiger partial charge in [0.25, 0.3) is 0 Å². The highest BCUT2D eigenvalue weighted by atomic mass is 32.1. The summed E-state index contributed by atoms with van der Waals surface area (Å²) in [5, 5.41) is 4.14. The molecule has 0 spiro atoms. The number of nitrogens with one attached hydrogen (secondary N) is 1. The Morgan fingerprint density at radius 2 is 2.25 bits per heavy atom. The molecule has 0 saturated heterocycles. The maximum absolute atomic E-state index is 4.03. The van der Waals surface area contributed by atoms with E-state index in [1.165, 1.54) is 11.5 Å². The summed E-state index contributed by atoms with van der Waals surface area (Å²) < 4.78 is 3.91. The Morgan fingerprint density at radius 3 is 2.75 bits per heavy atom. The minimum atomic E-state index is 0.387. The second kappa shape index (κ2) is 3.85. The highest BCUT2D eigenvalue weighted by molar-refractivity contribution is 7.09. The molecule has 1 N–H and O–H groups in total. The molecule has 0 amide bonds. The summed E-state index contributed by atoms with van der Waals surface area (Å²) in [6.07, 6.45) is 2.72. The monoisotopic (exact) mass is 185 g/mol. The van der Waals surface area contributed by atoms with Gasteiger partial charge in [0.1, 0.15) is 6.33 Å². The SMILES string of the molecule is CC(C)(C)CCNc1ncns1. The maximum atomic E-state index is 4.03. The Hall–Kier alpha value is -0.640. The molecular weight excluding hydrogens is 170 g/mol. The lowest BCUT2D eigenvalue weighted by molar-refractivity contribution is 0.390. The van der Waals surface area contributed by atoms with Crippen LogP contribution in [0, 0.1) is 5.41 Å². The van der Waals surface area contributed by atoms with Crippen molar-refractivity contribution >= 4 is 16.7 Å². The third kappa shape index (κ3) is 3.67. The number of nitrogens with zero attached hydrogens (tertiary/aromatic N) is 2. The standard InChI is InChI=1S/C8H15N3S/c1-8(2,3)4-5-9-7-10-6-11-12-7/h6H,4-5H2,1-3H3,(H,9,10,11). The van der Waals surface area contributed by atoms with Gasteiger partial charge in [-0.25, -0.2) is 4.98 Å². The van der Waals surface area contributed by atoms with Crippen LogP contribution in [0.3, 0.4) is 0 Å². The second-order valence-electron chi connectivity index (χ2n) is 3.98. The van der Waals surface area contributed by atoms with Crippen molar-refractivity contribution in [1.29, 1.82) is 0 Å². The number of hydrogen-bond donors (Lipinski definition) is 1. The molecule has 1 aromatic heterocycles. The molecule has 0 atom stereocenters. The fourth-order valence-electron chi connectivity index (χ4n) is 0.795. The Morgan fingerprint density at radius 1 is 1.50 bits per heavy atom. The van der Waals surface area contributed by atoms with Gasteiger partial charge in [-0.2, -0.15) is 4.37 Å². The van der Waals surface area contributed by atoms with Crippen LogP contribution in [0.15, 0.2) is 6.33 Å². The Bertz CT molecular complexity index is 213. The van der Waals surface area contributed by atoms with Gasteiger partial charge in [0.15, 0.2) is 0 Å². The van der Waals surface area contributed by atoms with E-state index in [1.807, 2.05) is 0 Å². The van der Waals surface area contributed by atoms with Crippen LogP contribution >= 0.6 is 11.5 Å². The molecule has 0 unspecified atom stereocenters. The van der Waals surface area contributed by atoms with Gasteiger partial charge >= 0.3 is 0 Å². The van der Waals surface area contributed by atoms with Crippen molar-refractivity contribution in [1.82, 2.24) is 9.36 Å².